The Kier molecular flexibility index (Phi) is 4.73. The minimum atomic E-state index is -4.30. The molecule has 0 spiro atoms. The van der Waals surface area contributed by atoms with Crippen molar-refractivity contribution in [1.82, 2.24) is 0 Å². The van der Waals surface area contributed by atoms with Crippen LogP contribution in [-0.2, 0) is 9.84 Å². The van der Waals surface area contributed by atoms with Gasteiger partial charge in [0.2, 0.25) is 9.84 Å². The van der Waals surface area contributed by atoms with Gasteiger partial charge in [-0.3, -0.25) is 0 Å². The molecule has 3 rings (SSSR count). The lowest BCUT2D eigenvalue weighted by Crippen LogP contribution is -2.04. The molecule has 25 heavy (non-hydrogen) atoms. The largest absolute Gasteiger partial charge is 0.503 e. The number of halogens is 4. The van der Waals surface area contributed by atoms with Gasteiger partial charge in [-0.25, -0.2) is 8.42 Å². The number of benzene rings is 2. The van der Waals surface area contributed by atoms with E-state index in [0.717, 1.165) is 0 Å². The van der Waals surface area contributed by atoms with Crippen LogP contribution in [0.4, 0.5) is 0 Å². The topological polar surface area (TPSA) is 74.6 Å². The fraction of sp³-hybridized carbons (Fsp3) is 0. The van der Waals surface area contributed by atoms with Gasteiger partial charge in [0, 0.05) is 21.2 Å². The third kappa shape index (κ3) is 3.00. The van der Waals surface area contributed by atoms with Crippen LogP contribution in [0.2, 0.25) is 20.1 Å². The summed E-state index contributed by atoms with van der Waals surface area (Å²) in [7, 11) is -4.30. The number of aliphatic hydroxyl groups is 2. The summed E-state index contributed by atoms with van der Waals surface area (Å²) < 4.78 is 25.9. The normalized spacial score (nSPS) is 16.6. The van der Waals surface area contributed by atoms with Crippen LogP contribution in [0.15, 0.2) is 47.9 Å². The Morgan fingerprint density at radius 1 is 0.680 bits per heavy atom. The molecule has 1 aliphatic heterocycles. The maximum absolute atomic E-state index is 13.0. The van der Waals surface area contributed by atoms with Gasteiger partial charge in [-0.1, -0.05) is 58.5 Å². The molecule has 2 N–H and O–H groups in total. The highest BCUT2D eigenvalue weighted by molar-refractivity contribution is 8.09. The van der Waals surface area contributed by atoms with E-state index in [4.69, 9.17) is 46.4 Å². The van der Waals surface area contributed by atoms with Gasteiger partial charge in [0.25, 0.3) is 0 Å². The first kappa shape index (κ1) is 18.4. The van der Waals surface area contributed by atoms with E-state index in [2.05, 4.69) is 0 Å². The lowest BCUT2D eigenvalue weighted by atomic mass is 10.1. The fourth-order valence-corrected chi connectivity index (χ4v) is 5.42. The molecule has 1 heterocycles. The van der Waals surface area contributed by atoms with E-state index in [1.165, 1.54) is 36.4 Å². The van der Waals surface area contributed by atoms with Crippen molar-refractivity contribution in [1.29, 1.82) is 0 Å². The fourth-order valence-electron chi connectivity index (χ4n) is 2.46. The lowest BCUT2D eigenvalue weighted by Gasteiger charge is -2.10. The van der Waals surface area contributed by atoms with E-state index in [1.54, 1.807) is 0 Å². The summed E-state index contributed by atoms with van der Waals surface area (Å²) in [5, 5.41) is 21.1. The Morgan fingerprint density at radius 2 is 1.04 bits per heavy atom. The molecule has 0 saturated heterocycles. The smallest absolute Gasteiger partial charge is 0.215 e. The maximum Gasteiger partial charge on any atom is 0.215 e. The maximum atomic E-state index is 13.0. The Balaban J connectivity index is 2.25. The summed E-state index contributed by atoms with van der Waals surface area (Å²) in [6.45, 7) is 0. The summed E-state index contributed by atoms with van der Waals surface area (Å²) in [5.74, 6) is -1.63. The number of hydrogen-bond acceptors (Lipinski definition) is 4. The van der Waals surface area contributed by atoms with Gasteiger partial charge in [0.05, 0.1) is 10.0 Å². The van der Waals surface area contributed by atoms with Crippen molar-refractivity contribution in [2.24, 2.45) is 0 Å². The molecule has 0 radical (unpaired) electrons. The highest BCUT2D eigenvalue weighted by Crippen LogP contribution is 2.47. The third-order valence-electron chi connectivity index (χ3n) is 3.54. The molecule has 0 aliphatic carbocycles. The number of hydrogen-bond donors (Lipinski definition) is 2. The van der Waals surface area contributed by atoms with Gasteiger partial charge in [-0.15, -0.1) is 0 Å². The van der Waals surface area contributed by atoms with Gasteiger partial charge in [-0.2, -0.15) is 0 Å². The number of rotatable bonds is 2. The standard InChI is InChI=1S/C16H8Cl4O4S/c17-7-1-3-9(11(19)5-7)15-13(21)14(22)16(25(15,23)24)10-4-2-8(18)6-12(10)20/h1-6,21-22H. The van der Waals surface area contributed by atoms with Gasteiger partial charge in [0.1, 0.15) is 9.81 Å². The van der Waals surface area contributed by atoms with Crippen LogP contribution < -0.4 is 0 Å². The summed E-state index contributed by atoms with van der Waals surface area (Å²) >= 11 is 23.8. The zero-order valence-electron chi connectivity index (χ0n) is 12.1. The van der Waals surface area contributed by atoms with E-state index in [1.807, 2.05) is 0 Å². The Labute approximate surface area is 163 Å². The van der Waals surface area contributed by atoms with Crippen molar-refractivity contribution in [2.45, 2.75) is 0 Å². The molecule has 2 aromatic rings. The molecule has 0 fully saturated rings. The Morgan fingerprint density at radius 3 is 1.36 bits per heavy atom. The molecule has 0 aromatic heterocycles. The van der Waals surface area contributed by atoms with Crippen LogP contribution in [0.5, 0.6) is 0 Å². The zero-order valence-corrected chi connectivity index (χ0v) is 15.9. The predicted molar refractivity (Wildman–Crippen MR) is 101 cm³/mol. The minimum absolute atomic E-state index is 0.00822. The van der Waals surface area contributed by atoms with Crippen molar-refractivity contribution in [2.75, 3.05) is 0 Å². The summed E-state index contributed by atoms with van der Waals surface area (Å²) in [6.07, 6.45) is 0. The highest BCUT2D eigenvalue weighted by atomic mass is 35.5. The highest BCUT2D eigenvalue weighted by Gasteiger charge is 2.42. The van der Waals surface area contributed by atoms with Crippen LogP contribution in [0.1, 0.15) is 11.1 Å². The second kappa shape index (κ2) is 6.41. The van der Waals surface area contributed by atoms with Crippen LogP contribution in [0.25, 0.3) is 9.81 Å². The van der Waals surface area contributed by atoms with Gasteiger partial charge >= 0.3 is 0 Å². The van der Waals surface area contributed by atoms with E-state index in [9.17, 15) is 18.6 Å². The molecule has 0 bridgehead atoms. The third-order valence-corrected chi connectivity index (χ3v) is 6.54. The van der Waals surface area contributed by atoms with Gasteiger partial charge < -0.3 is 10.2 Å². The molecule has 0 unspecified atom stereocenters. The van der Waals surface area contributed by atoms with Gasteiger partial charge in [-0.05, 0) is 24.3 Å². The van der Waals surface area contributed by atoms with E-state index in [-0.39, 0.29) is 21.2 Å². The van der Waals surface area contributed by atoms with Crippen molar-refractivity contribution in [3.8, 4) is 0 Å². The van der Waals surface area contributed by atoms with Crippen molar-refractivity contribution < 1.29 is 18.6 Å². The van der Waals surface area contributed by atoms with Crippen molar-refractivity contribution >= 4 is 66.1 Å². The second-order valence-electron chi connectivity index (χ2n) is 5.11. The quantitative estimate of drug-likeness (QED) is 0.614. The first-order valence-electron chi connectivity index (χ1n) is 6.67. The molecule has 0 amide bonds. The molecular formula is C16H8Cl4O4S. The van der Waals surface area contributed by atoms with Crippen LogP contribution in [0.3, 0.4) is 0 Å². The minimum Gasteiger partial charge on any atom is -0.503 e. The van der Waals surface area contributed by atoms with Crippen LogP contribution >= 0.6 is 46.4 Å². The SMILES string of the molecule is O=S1(=O)C(c2ccc(Cl)cc2Cl)=C(O)C(O)=C1c1ccc(Cl)cc1Cl. The second-order valence-corrected chi connectivity index (χ2v) is 8.62. The first-order valence-corrected chi connectivity index (χ1v) is 9.67. The monoisotopic (exact) mass is 436 g/mol. The van der Waals surface area contributed by atoms with Crippen LogP contribution in [-0.4, -0.2) is 18.6 Å². The van der Waals surface area contributed by atoms with Crippen LogP contribution in [0, 0.1) is 0 Å². The molecule has 2 aromatic carbocycles. The molecule has 130 valence electrons. The average molecular weight is 438 g/mol. The molecule has 9 heteroatoms. The van der Waals surface area contributed by atoms with Crippen molar-refractivity contribution in [3.05, 3.63) is 79.1 Å². The molecular weight excluding hydrogens is 430 g/mol. The lowest BCUT2D eigenvalue weighted by molar-refractivity contribution is 0.334. The zero-order chi connectivity index (χ0) is 18.5. The summed E-state index contributed by atoms with van der Waals surface area (Å²) in [4.78, 5) is -1.04. The number of sulfone groups is 1. The molecule has 4 nitrogen and oxygen atoms in total. The van der Waals surface area contributed by atoms with E-state index < -0.39 is 31.2 Å². The molecule has 0 atom stereocenters. The summed E-state index contributed by atoms with van der Waals surface area (Å²) in [5.41, 5.74) is 0.0189. The predicted octanol–water partition coefficient (Wildman–Crippen LogP) is 5.88. The van der Waals surface area contributed by atoms with E-state index >= 15 is 0 Å². The summed E-state index contributed by atoms with van der Waals surface area (Å²) in [6, 6.07) is 8.18. The average Bonchev–Trinajstić information content (AvgIpc) is 2.67. The Hall–Kier alpha value is -1.37. The molecule has 1 aliphatic rings. The van der Waals surface area contributed by atoms with E-state index in [0.29, 0.717) is 10.0 Å². The molecule has 0 saturated carbocycles. The first-order chi connectivity index (χ1) is 11.6. The van der Waals surface area contributed by atoms with Crippen molar-refractivity contribution in [3.63, 3.8) is 0 Å². The number of aliphatic hydroxyl groups excluding tert-OH is 2. The van der Waals surface area contributed by atoms with Gasteiger partial charge in [0.15, 0.2) is 11.5 Å². The Bertz CT molecular complexity index is 992.